The van der Waals surface area contributed by atoms with Gasteiger partial charge in [-0.2, -0.15) is 5.10 Å². The van der Waals surface area contributed by atoms with Crippen molar-refractivity contribution >= 4 is 21.4 Å². The number of hydrogen-bond donors (Lipinski definition) is 3. The van der Waals surface area contributed by atoms with Gasteiger partial charge < -0.3 is 11.1 Å². The number of sulfonamides is 1. The maximum Gasteiger partial charge on any atom is 0.238 e. The highest BCUT2D eigenvalue weighted by Crippen LogP contribution is 2.21. The minimum Gasteiger partial charge on any atom is -0.397 e. The van der Waals surface area contributed by atoms with E-state index in [0.717, 1.165) is 0 Å². The Morgan fingerprint density at radius 2 is 2.15 bits per heavy atom. The molecule has 108 valence electrons. The molecule has 0 amide bonds. The van der Waals surface area contributed by atoms with Crippen molar-refractivity contribution in [1.82, 2.24) is 14.8 Å². The zero-order valence-corrected chi connectivity index (χ0v) is 11.8. The lowest BCUT2D eigenvalue weighted by molar-refractivity contribution is 0.598. The van der Waals surface area contributed by atoms with Gasteiger partial charge in [-0.3, -0.25) is 4.68 Å². The lowest BCUT2D eigenvalue weighted by atomic mass is 10.2. The van der Waals surface area contributed by atoms with Gasteiger partial charge in [0.05, 0.1) is 16.3 Å². The van der Waals surface area contributed by atoms with E-state index in [1.165, 1.54) is 18.2 Å². The van der Waals surface area contributed by atoms with E-state index in [2.05, 4.69) is 15.4 Å². The number of nitrogens with two attached hydrogens (primary N) is 2. The van der Waals surface area contributed by atoms with E-state index in [-0.39, 0.29) is 4.90 Å². The summed E-state index contributed by atoms with van der Waals surface area (Å²) in [7, 11) is -1.95. The van der Waals surface area contributed by atoms with Crippen LogP contribution in [0.25, 0.3) is 0 Å². The van der Waals surface area contributed by atoms with E-state index in [4.69, 9.17) is 10.9 Å². The van der Waals surface area contributed by atoms with Crippen molar-refractivity contribution in [3.05, 3.63) is 30.4 Å². The van der Waals surface area contributed by atoms with Crippen LogP contribution < -0.4 is 16.2 Å². The van der Waals surface area contributed by atoms with Gasteiger partial charge >= 0.3 is 0 Å². The summed E-state index contributed by atoms with van der Waals surface area (Å²) in [6, 6.07) is 4.29. The van der Waals surface area contributed by atoms with Crippen LogP contribution in [0.2, 0.25) is 0 Å². The predicted octanol–water partition coefficient (Wildman–Crippen LogP) is -0.301. The number of rotatable bonds is 5. The molecule has 9 heteroatoms. The summed E-state index contributed by atoms with van der Waals surface area (Å²) < 4.78 is 24.2. The molecular weight excluding hydrogens is 280 g/mol. The number of nitrogens with zero attached hydrogens (tertiary/aromatic N) is 3. The maximum atomic E-state index is 11.3. The largest absolute Gasteiger partial charge is 0.397 e. The number of anilines is 2. The van der Waals surface area contributed by atoms with Crippen molar-refractivity contribution in [2.45, 2.75) is 11.3 Å². The molecule has 5 N–H and O–H groups in total. The van der Waals surface area contributed by atoms with Gasteiger partial charge in [0.15, 0.2) is 5.82 Å². The Balaban J connectivity index is 2.05. The number of primary sulfonamides is 1. The lowest BCUT2D eigenvalue weighted by Gasteiger charge is -2.09. The topological polar surface area (TPSA) is 129 Å². The minimum atomic E-state index is -3.74. The van der Waals surface area contributed by atoms with Crippen LogP contribution in [0.5, 0.6) is 0 Å². The Hall–Kier alpha value is -2.13. The van der Waals surface area contributed by atoms with Crippen LogP contribution in [0.4, 0.5) is 11.4 Å². The monoisotopic (exact) mass is 296 g/mol. The van der Waals surface area contributed by atoms with Crippen LogP contribution in [-0.2, 0) is 23.5 Å². The normalized spacial score (nSPS) is 11.5. The van der Waals surface area contributed by atoms with Crippen LogP contribution in [0.1, 0.15) is 5.82 Å². The second-order valence-electron chi connectivity index (χ2n) is 4.31. The van der Waals surface area contributed by atoms with E-state index in [1.54, 1.807) is 18.1 Å². The molecule has 1 heterocycles. The molecule has 0 atom stereocenters. The van der Waals surface area contributed by atoms with Crippen molar-refractivity contribution in [2.75, 3.05) is 17.6 Å². The third kappa shape index (κ3) is 3.45. The van der Waals surface area contributed by atoms with Crippen LogP contribution in [0.3, 0.4) is 0 Å². The molecule has 8 nitrogen and oxygen atoms in total. The molecule has 0 aliphatic carbocycles. The number of aromatic nitrogens is 3. The smallest absolute Gasteiger partial charge is 0.238 e. The predicted molar refractivity (Wildman–Crippen MR) is 75.4 cm³/mol. The van der Waals surface area contributed by atoms with E-state index < -0.39 is 10.0 Å². The highest BCUT2D eigenvalue weighted by Gasteiger charge is 2.10. The summed E-state index contributed by atoms with van der Waals surface area (Å²) in [4.78, 5) is 4.11. The molecule has 2 aromatic rings. The average molecular weight is 296 g/mol. The molecule has 0 aliphatic heterocycles. The van der Waals surface area contributed by atoms with E-state index in [9.17, 15) is 8.42 Å². The lowest BCUT2D eigenvalue weighted by Crippen LogP contribution is -2.14. The van der Waals surface area contributed by atoms with Crippen LogP contribution in [-0.4, -0.2) is 29.7 Å². The molecular formula is C11H16N6O2S. The number of hydrogen-bond acceptors (Lipinski definition) is 6. The van der Waals surface area contributed by atoms with Gasteiger partial charge in [-0.05, 0) is 18.2 Å². The summed E-state index contributed by atoms with van der Waals surface area (Å²) >= 11 is 0. The average Bonchev–Trinajstić information content (AvgIpc) is 2.76. The second-order valence-corrected chi connectivity index (χ2v) is 5.87. The van der Waals surface area contributed by atoms with E-state index >= 15 is 0 Å². The Bertz CT molecular complexity index is 709. The first-order valence-electron chi connectivity index (χ1n) is 5.87. The first-order chi connectivity index (χ1) is 9.36. The molecule has 1 aromatic carbocycles. The van der Waals surface area contributed by atoms with Crippen LogP contribution in [0, 0.1) is 0 Å². The summed E-state index contributed by atoms with van der Waals surface area (Å²) in [6.45, 7) is 0.530. The molecule has 0 saturated carbocycles. The van der Waals surface area contributed by atoms with Crippen LogP contribution >= 0.6 is 0 Å². The molecule has 0 aliphatic rings. The third-order valence-electron chi connectivity index (χ3n) is 2.66. The second kappa shape index (κ2) is 5.47. The molecule has 0 bridgehead atoms. The van der Waals surface area contributed by atoms with Crippen molar-refractivity contribution in [2.24, 2.45) is 12.2 Å². The van der Waals surface area contributed by atoms with Crippen LogP contribution in [0.15, 0.2) is 29.4 Å². The first kappa shape index (κ1) is 14.3. The number of benzene rings is 1. The SMILES string of the molecule is Cn1cnc(CCNc2cc(S(N)(=O)=O)ccc2N)n1. The van der Waals surface area contributed by atoms with Gasteiger partial charge in [0, 0.05) is 20.0 Å². The van der Waals surface area contributed by atoms with E-state index in [1.807, 2.05) is 0 Å². The van der Waals surface area contributed by atoms with Gasteiger partial charge in [0.25, 0.3) is 0 Å². The van der Waals surface area contributed by atoms with Crippen molar-refractivity contribution < 1.29 is 8.42 Å². The van der Waals surface area contributed by atoms with Crippen molar-refractivity contribution in [3.63, 3.8) is 0 Å². The zero-order valence-electron chi connectivity index (χ0n) is 10.9. The third-order valence-corrected chi connectivity index (χ3v) is 3.58. The fourth-order valence-corrected chi connectivity index (χ4v) is 2.21. The van der Waals surface area contributed by atoms with Gasteiger partial charge in [0.2, 0.25) is 10.0 Å². The van der Waals surface area contributed by atoms with Gasteiger partial charge in [-0.25, -0.2) is 18.5 Å². The summed E-state index contributed by atoms with van der Waals surface area (Å²) in [5, 5.41) is 12.3. The molecule has 0 fully saturated rings. The first-order valence-corrected chi connectivity index (χ1v) is 7.41. The Morgan fingerprint density at radius 1 is 1.40 bits per heavy atom. The molecule has 0 unspecified atom stereocenters. The molecule has 1 aromatic heterocycles. The van der Waals surface area contributed by atoms with Gasteiger partial charge in [-0.15, -0.1) is 0 Å². The fourth-order valence-electron chi connectivity index (χ4n) is 1.67. The minimum absolute atomic E-state index is 0.0187. The Kier molecular flexibility index (Phi) is 3.91. The summed E-state index contributed by atoms with van der Waals surface area (Å²) in [6.07, 6.45) is 2.21. The maximum absolute atomic E-state index is 11.3. The summed E-state index contributed by atoms with van der Waals surface area (Å²) in [5.41, 5.74) is 6.75. The van der Waals surface area contributed by atoms with Gasteiger partial charge in [-0.1, -0.05) is 0 Å². The zero-order chi connectivity index (χ0) is 14.8. The van der Waals surface area contributed by atoms with Gasteiger partial charge in [0.1, 0.15) is 6.33 Å². The Morgan fingerprint density at radius 3 is 2.75 bits per heavy atom. The van der Waals surface area contributed by atoms with E-state index in [0.29, 0.717) is 30.2 Å². The Labute approximate surface area is 116 Å². The number of nitrogens with one attached hydrogen (secondary N) is 1. The quantitative estimate of drug-likeness (QED) is 0.650. The number of nitrogen functional groups attached to an aromatic ring is 1. The van der Waals surface area contributed by atoms with Crippen molar-refractivity contribution in [1.29, 1.82) is 0 Å². The summed E-state index contributed by atoms with van der Waals surface area (Å²) in [5.74, 6) is 0.696. The fraction of sp³-hybridized carbons (Fsp3) is 0.273. The standard InChI is InChI=1S/C11H16N6O2S/c1-17-7-15-11(16-17)4-5-14-10-6-8(20(13,18)19)2-3-9(10)12/h2-3,6-7,14H,4-5,12H2,1H3,(H2,13,18,19). The molecule has 0 radical (unpaired) electrons. The molecule has 0 saturated heterocycles. The molecule has 2 rings (SSSR count). The van der Waals surface area contributed by atoms with Crippen molar-refractivity contribution in [3.8, 4) is 0 Å². The highest BCUT2D eigenvalue weighted by molar-refractivity contribution is 7.89. The molecule has 20 heavy (non-hydrogen) atoms. The number of aryl methyl sites for hydroxylation is 1. The molecule has 0 spiro atoms. The highest BCUT2D eigenvalue weighted by atomic mass is 32.2.